The summed E-state index contributed by atoms with van der Waals surface area (Å²) in [4.78, 5) is 0. The zero-order valence-electron chi connectivity index (χ0n) is 10.5. The van der Waals surface area contributed by atoms with Crippen molar-refractivity contribution in [3.8, 4) is 0 Å². The predicted molar refractivity (Wildman–Crippen MR) is 75.0 cm³/mol. The fourth-order valence-electron chi connectivity index (χ4n) is 2.34. The highest BCUT2D eigenvalue weighted by atomic mass is 14.6. The van der Waals surface area contributed by atoms with Gasteiger partial charge in [-0.1, -0.05) is 68.7 Å². The van der Waals surface area contributed by atoms with Crippen LogP contribution in [0.5, 0.6) is 0 Å². The molecule has 0 unspecified atom stereocenters. The molecular formula is C16H21N. The van der Waals surface area contributed by atoms with Crippen LogP contribution in [0, 0.1) is 0 Å². The Balaban J connectivity index is 2.22. The van der Waals surface area contributed by atoms with Crippen molar-refractivity contribution >= 4 is 10.8 Å². The van der Waals surface area contributed by atoms with Gasteiger partial charge in [-0.05, 0) is 22.8 Å². The summed E-state index contributed by atoms with van der Waals surface area (Å²) < 4.78 is 0. The summed E-state index contributed by atoms with van der Waals surface area (Å²) in [6, 6.07) is 15.1. The van der Waals surface area contributed by atoms with Gasteiger partial charge in [-0.3, -0.25) is 0 Å². The maximum Gasteiger partial charge on any atom is 0.0301 e. The molecule has 0 aliphatic carbocycles. The molecule has 0 radical (unpaired) electrons. The van der Waals surface area contributed by atoms with Crippen molar-refractivity contribution in [2.45, 2.75) is 38.6 Å². The number of rotatable bonds is 5. The molecule has 0 aromatic heterocycles. The lowest BCUT2D eigenvalue weighted by molar-refractivity contribution is 0.584. The average Bonchev–Trinajstić information content (AvgIpc) is 2.38. The third kappa shape index (κ3) is 2.86. The van der Waals surface area contributed by atoms with Crippen LogP contribution >= 0.6 is 0 Å². The Hall–Kier alpha value is -1.34. The number of benzene rings is 2. The summed E-state index contributed by atoms with van der Waals surface area (Å²) in [6.07, 6.45) is 4.84. The third-order valence-electron chi connectivity index (χ3n) is 3.34. The van der Waals surface area contributed by atoms with E-state index in [1.54, 1.807) is 0 Å². The Bertz CT molecular complexity index is 470. The van der Waals surface area contributed by atoms with Gasteiger partial charge in [-0.2, -0.15) is 0 Å². The normalized spacial score (nSPS) is 12.8. The zero-order valence-corrected chi connectivity index (χ0v) is 10.5. The average molecular weight is 227 g/mol. The van der Waals surface area contributed by atoms with Crippen LogP contribution < -0.4 is 5.73 Å². The minimum Gasteiger partial charge on any atom is -0.324 e. The van der Waals surface area contributed by atoms with E-state index in [1.165, 1.54) is 35.6 Å². The van der Waals surface area contributed by atoms with E-state index in [1.807, 2.05) is 0 Å². The SMILES string of the molecule is CCCCC[C@H](N)c1cccc2ccccc12. The van der Waals surface area contributed by atoms with Crippen molar-refractivity contribution in [1.29, 1.82) is 0 Å². The van der Waals surface area contributed by atoms with Crippen molar-refractivity contribution in [2.24, 2.45) is 5.73 Å². The van der Waals surface area contributed by atoms with Crippen molar-refractivity contribution in [2.75, 3.05) is 0 Å². The number of hydrogen-bond acceptors (Lipinski definition) is 1. The van der Waals surface area contributed by atoms with Crippen LogP contribution in [0.3, 0.4) is 0 Å². The molecule has 0 saturated heterocycles. The van der Waals surface area contributed by atoms with Crippen LogP contribution in [-0.4, -0.2) is 0 Å². The van der Waals surface area contributed by atoms with E-state index < -0.39 is 0 Å². The first kappa shape index (κ1) is 12.1. The lowest BCUT2D eigenvalue weighted by Crippen LogP contribution is -2.10. The van der Waals surface area contributed by atoms with Crippen molar-refractivity contribution in [3.05, 3.63) is 48.0 Å². The maximum absolute atomic E-state index is 6.30. The fourth-order valence-corrected chi connectivity index (χ4v) is 2.34. The van der Waals surface area contributed by atoms with Crippen molar-refractivity contribution in [3.63, 3.8) is 0 Å². The summed E-state index contributed by atoms with van der Waals surface area (Å²) in [5, 5.41) is 2.59. The van der Waals surface area contributed by atoms with Crippen LogP contribution in [0.4, 0.5) is 0 Å². The van der Waals surface area contributed by atoms with Gasteiger partial charge in [0.2, 0.25) is 0 Å². The lowest BCUT2D eigenvalue weighted by atomic mass is 9.96. The molecular weight excluding hydrogens is 206 g/mol. The monoisotopic (exact) mass is 227 g/mol. The summed E-state index contributed by atoms with van der Waals surface area (Å²) in [5.74, 6) is 0. The molecule has 90 valence electrons. The first-order chi connectivity index (χ1) is 8.33. The summed E-state index contributed by atoms with van der Waals surface area (Å²) >= 11 is 0. The first-order valence-electron chi connectivity index (χ1n) is 6.56. The second-order valence-electron chi connectivity index (χ2n) is 4.67. The number of nitrogens with two attached hydrogens (primary N) is 1. The number of unbranched alkanes of at least 4 members (excludes halogenated alkanes) is 2. The lowest BCUT2D eigenvalue weighted by Gasteiger charge is -2.14. The van der Waals surface area contributed by atoms with Gasteiger partial charge in [0.15, 0.2) is 0 Å². The minimum absolute atomic E-state index is 0.174. The highest BCUT2D eigenvalue weighted by Gasteiger charge is 2.08. The van der Waals surface area contributed by atoms with Gasteiger partial charge in [0, 0.05) is 6.04 Å². The molecule has 0 aliphatic rings. The molecule has 0 amide bonds. The Morgan fingerprint density at radius 3 is 2.59 bits per heavy atom. The van der Waals surface area contributed by atoms with Crippen molar-refractivity contribution in [1.82, 2.24) is 0 Å². The van der Waals surface area contributed by atoms with Crippen molar-refractivity contribution < 1.29 is 0 Å². The Kier molecular flexibility index (Phi) is 4.16. The fraction of sp³-hybridized carbons (Fsp3) is 0.375. The predicted octanol–water partition coefficient (Wildman–Crippen LogP) is 4.42. The smallest absolute Gasteiger partial charge is 0.0301 e. The van der Waals surface area contributed by atoms with Gasteiger partial charge in [0.25, 0.3) is 0 Å². The first-order valence-corrected chi connectivity index (χ1v) is 6.56. The molecule has 0 heterocycles. The van der Waals surface area contributed by atoms with E-state index in [0.29, 0.717) is 0 Å². The molecule has 0 fully saturated rings. The Morgan fingerprint density at radius 1 is 1.00 bits per heavy atom. The molecule has 17 heavy (non-hydrogen) atoms. The van der Waals surface area contributed by atoms with E-state index in [0.717, 1.165) is 6.42 Å². The molecule has 1 heteroatoms. The highest BCUT2D eigenvalue weighted by molar-refractivity contribution is 5.86. The molecule has 2 N–H and O–H groups in total. The zero-order chi connectivity index (χ0) is 12.1. The molecule has 0 saturated carbocycles. The minimum atomic E-state index is 0.174. The summed E-state index contributed by atoms with van der Waals surface area (Å²) in [7, 11) is 0. The van der Waals surface area contributed by atoms with E-state index >= 15 is 0 Å². The topological polar surface area (TPSA) is 26.0 Å². The quantitative estimate of drug-likeness (QED) is 0.752. The molecule has 2 aromatic carbocycles. The summed E-state index contributed by atoms with van der Waals surface area (Å²) in [6.45, 7) is 2.23. The molecule has 0 aliphatic heterocycles. The van der Waals surface area contributed by atoms with E-state index in [9.17, 15) is 0 Å². The molecule has 2 aromatic rings. The van der Waals surface area contributed by atoms with Crippen LogP contribution in [0.2, 0.25) is 0 Å². The van der Waals surface area contributed by atoms with Crippen LogP contribution in [0.25, 0.3) is 10.8 Å². The second-order valence-corrected chi connectivity index (χ2v) is 4.67. The maximum atomic E-state index is 6.30. The highest BCUT2D eigenvalue weighted by Crippen LogP contribution is 2.25. The number of fused-ring (bicyclic) bond motifs is 1. The van der Waals surface area contributed by atoms with Crippen LogP contribution in [0.15, 0.2) is 42.5 Å². The molecule has 1 atom stereocenters. The second kappa shape index (κ2) is 5.83. The van der Waals surface area contributed by atoms with Gasteiger partial charge >= 0.3 is 0 Å². The Morgan fingerprint density at radius 2 is 1.76 bits per heavy atom. The molecule has 1 nitrogen and oxygen atoms in total. The molecule has 2 rings (SSSR count). The van der Waals surface area contributed by atoms with Crippen LogP contribution in [0.1, 0.15) is 44.2 Å². The van der Waals surface area contributed by atoms with Gasteiger partial charge in [-0.15, -0.1) is 0 Å². The largest absolute Gasteiger partial charge is 0.324 e. The number of hydrogen-bond donors (Lipinski definition) is 1. The van der Waals surface area contributed by atoms with Gasteiger partial charge in [-0.25, -0.2) is 0 Å². The van der Waals surface area contributed by atoms with E-state index in [-0.39, 0.29) is 6.04 Å². The van der Waals surface area contributed by atoms with E-state index in [2.05, 4.69) is 49.4 Å². The van der Waals surface area contributed by atoms with Gasteiger partial charge in [0.1, 0.15) is 0 Å². The standard InChI is InChI=1S/C16H21N/c1-2-3-4-12-16(17)15-11-7-9-13-8-5-6-10-14(13)15/h5-11,16H,2-4,12,17H2,1H3/t16-/m0/s1. The molecule has 0 spiro atoms. The Labute approximate surface area is 104 Å². The molecule has 0 bridgehead atoms. The van der Waals surface area contributed by atoms with Gasteiger partial charge in [0.05, 0.1) is 0 Å². The van der Waals surface area contributed by atoms with E-state index in [4.69, 9.17) is 5.73 Å². The third-order valence-corrected chi connectivity index (χ3v) is 3.34. The van der Waals surface area contributed by atoms with Crippen LogP contribution in [-0.2, 0) is 0 Å². The van der Waals surface area contributed by atoms with Gasteiger partial charge < -0.3 is 5.73 Å². The summed E-state index contributed by atoms with van der Waals surface area (Å²) in [5.41, 5.74) is 7.59.